The Labute approximate surface area is 198 Å². The van der Waals surface area contributed by atoms with Gasteiger partial charge in [-0.2, -0.15) is 0 Å². The summed E-state index contributed by atoms with van der Waals surface area (Å²) in [6.45, 7) is 1.37. The van der Waals surface area contributed by atoms with Gasteiger partial charge in [0, 0.05) is 24.6 Å². The zero-order chi connectivity index (χ0) is 23.5. The number of ether oxygens (including phenoxy) is 2. The molecule has 1 aliphatic rings. The second-order valence-corrected chi connectivity index (χ2v) is 8.60. The summed E-state index contributed by atoms with van der Waals surface area (Å²) in [6.07, 6.45) is 0.573. The van der Waals surface area contributed by atoms with Gasteiger partial charge in [-0.1, -0.05) is 60.7 Å². The van der Waals surface area contributed by atoms with Crippen LogP contribution in [0.2, 0.25) is 0 Å². The molecule has 2 atom stereocenters. The monoisotopic (exact) mass is 455 g/mol. The Kier molecular flexibility index (Phi) is 6.28. The number of hydrogen-bond acceptors (Lipinski definition) is 4. The van der Waals surface area contributed by atoms with E-state index in [9.17, 15) is 9.18 Å². The topological polar surface area (TPSA) is 47.6 Å². The lowest BCUT2D eigenvalue weighted by molar-refractivity contribution is 0.0600. The number of esters is 1. The van der Waals surface area contributed by atoms with Gasteiger partial charge >= 0.3 is 5.97 Å². The smallest absolute Gasteiger partial charge is 0.337 e. The Balaban J connectivity index is 1.37. The van der Waals surface area contributed by atoms with Crippen LogP contribution >= 0.6 is 0 Å². The molecule has 0 saturated carbocycles. The molecule has 1 heterocycles. The number of benzene rings is 4. The standard InChI is InChI=1S/C29H26FNO3/c1-33-29(32)22-13-21(14-23(30)15-22)27-16-24(34-28-12-5-4-11-26(27)28)18-31-17-20-9-6-8-19-7-2-3-10-25(19)20/h2-15,24,27,31H,16-18H2,1H3. The van der Waals surface area contributed by atoms with E-state index >= 15 is 0 Å². The van der Waals surface area contributed by atoms with Gasteiger partial charge in [-0.3, -0.25) is 0 Å². The van der Waals surface area contributed by atoms with Gasteiger partial charge < -0.3 is 14.8 Å². The third-order valence-corrected chi connectivity index (χ3v) is 6.40. The van der Waals surface area contributed by atoms with Gasteiger partial charge in [0.15, 0.2) is 0 Å². The summed E-state index contributed by atoms with van der Waals surface area (Å²) in [5.41, 5.74) is 3.19. The van der Waals surface area contributed by atoms with Crippen molar-refractivity contribution in [2.24, 2.45) is 0 Å². The van der Waals surface area contributed by atoms with Crippen molar-refractivity contribution >= 4 is 16.7 Å². The fourth-order valence-electron chi connectivity index (χ4n) is 4.80. The molecule has 0 fully saturated rings. The van der Waals surface area contributed by atoms with Crippen LogP contribution in [-0.2, 0) is 11.3 Å². The number of rotatable bonds is 6. The number of nitrogens with one attached hydrogen (secondary N) is 1. The highest BCUT2D eigenvalue weighted by Gasteiger charge is 2.30. The van der Waals surface area contributed by atoms with Crippen LogP contribution in [0.3, 0.4) is 0 Å². The average Bonchev–Trinajstić information content (AvgIpc) is 2.87. The lowest BCUT2D eigenvalue weighted by Crippen LogP contribution is -2.35. The number of carbonyl (C=O) groups excluding carboxylic acids is 1. The van der Waals surface area contributed by atoms with Crippen molar-refractivity contribution in [3.05, 3.63) is 113 Å². The molecule has 0 bridgehead atoms. The Hall–Kier alpha value is -3.70. The minimum atomic E-state index is -0.547. The summed E-state index contributed by atoms with van der Waals surface area (Å²) < 4.78 is 25.5. The molecular formula is C29H26FNO3. The predicted octanol–water partition coefficient (Wildman–Crippen LogP) is 5.84. The molecule has 0 aromatic heterocycles. The fraction of sp³-hybridized carbons (Fsp3) is 0.207. The van der Waals surface area contributed by atoms with Crippen LogP contribution in [-0.4, -0.2) is 25.7 Å². The molecule has 0 saturated heterocycles. The van der Waals surface area contributed by atoms with E-state index in [1.54, 1.807) is 6.07 Å². The quantitative estimate of drug-likeness (QED) is 0.371. The van der Waals surface area contributed by atoms with Crippen molar-refractivity contribution < 1.29 is 18.7 Å². The molecule has 0 aliphatic carbocycles. The first-order valence-electron chi connectivity index (χ1n) is 11.4. The molecule has 172 valence electrons. The first-order valence-corrected chi connectivity index (χ1v) is 11.4. The molecule has 4 aromatic rings. The summed E-state index contributed by atoms with van der Waals surface area (Å²) in [7, 11) is 1.30. The summed E-state index contributed by atoms with van der Waals surface area (Å²) in [4.78, 5) is 12.1. The normalized spacial score (nSPS) is 17.1. The maximum absolute atomic E-state index is 14.4. The molecule has 5 rings (SSSR count). The van der Waals surface area contributed by atoms with E-state index in [1.165, 1.54) is 35.6 Å². The second-order valence-electron chi connectivity index (χ2n) is 8.60. The van der Waals surface area contributed by atoms with E-state index in [1.807, 2.05) is 30.3 Å². The van der Waals surface area contributed by atoms with Gasteiger partial charge in [0.05, 0.1) is 12.7 Å². The second kappa shape index (κ2) is 9.65. The van der Waals surface area contributed by atoms with E-state index in [0.717, 1.165) is 23.4 Å². The Bertz CT molecular complexity index is 1330. The van der Waals surface area contributed by atoms with E-state index < -0.39 is 11.8 Å². The number of halogens is 1. The maximum atomic E-state index is 14.4. The summed E-state index contributed by atoms with van der Waals surface area (Å²) in [6, 6.07) is 27.0. The van der Waals surface area contributed by atoms with Crippen LogP contribution in [0.5, 0.6) is 5.75 Å². The highest BCUT2D eigenvalue weighted by atomic mass is 19.1. The zero-order valence-corrected chi connectivity index (χ0v) is 19.0. The molecule has 4 aromatic carbocycles. The van der Waals surface area contributed by atoms with Crippen LogP contribution in [0.4, 0.5) is 4.39 Å². The number of hydrogen-bond donors (Lipinski definition) is 1. The van der Waals surface area contributed by atoms with Crippen molar-refractivity contribution in [2.45, 2.75) is 25.0 Å². The summed E-state index contributed by atoms with van der Waals surface area (Å²) >= 11 is 0. The number of methoxy groups -OCH3 is 1. The van der Waals surface area contributed by atoms with E-state index in [0.29, 0.717) is 13.0 Å². The fourth-order valence-corrected chi connectivity index (χ4v) is 4.80. The third kappa shape index (κ3) is 4.52. The first-order chi connectivity index (χ1) is 16.6. The SMILES string of the molecule is COC(=O)c1cc(F)cc(C2CC(CNCc3cccc4ccccc34)Oc3ccccc32)c1. The molecule has 5 heteroatoms. The third-order valence-electron chi connectivity index (χ3n) is 6.40. The van der Waals surface area contributed by atoms with Crippen molar-refractivity contribution in [3.8, 4) is 5.75 Å². The molecular weight excluding hydrogens is 429 g/mol. The number of carbonyl (C=O) groups is 1. The van der Waals surface area contributed by atoms with Crippen molar-refractivity contribution in [3.63, 3.8) is 0 Å². The van der Waals surface area contributed by atoms with Crippen LogP contribution in [0.1, 0.15) is 39.4 Å². The van der Waals surface area contributed by atoms with Crippen molar-refractivity contribution in [2.75, 3.05) is 13.7 Å². The summed E-state index contributed by atoms with van der Waals surface area (Å²) in [5, 5.41) is 6.00. The molecule has 0 spiro atoms. The van der Waals surface area contributed by atoms with Crippen molar-refractivity contribution in [1.29, 1.82) is 0 Å². The number of para-hydroxylation sites is 1. The van der Waals surface area contributed by atoms with Crippen LogP contribution in [0.15, 0.2) is 84.9 Å². The average molecular weight is 456 g/mol. The van der Waals surface area contributed by atoms with E-state index in [2.05, 4.69) is 41.7 Å². The van der Waals surface area contributed by atoms with Crippen molar-refractivity contribution in [1.82, 2.24) is 5.32 Å². The van der Waals surface area contributed by atoms with E-state index in [4.69, 9.17) is 9.47 Å². The highest BCUT2D eigenvalue weighted by Crippen LogP contribution is 2.40. The lowest BCUT2D eigenvalue weighted by Gasteiger charge is -2.33. The highest BCUT2D eigenvalue weighted by molar-refractivity contribution is 5.89. The molecule has 4 nitrogen and oxygen atoms in total. The minimum absolute atomic E-state index is 0.0894. The zero-order valence-electron chi connectivity index (χ0n) is 19.0. The van der Waals surface area contributed by atoms with Crippen LogP contribution in [0, 0.1) is 5.82 Å². The Morgan fingerprint density at radius 2 is 1.82 bits per heavy atom. The van der Waals surface area contributed by atoms with Gasteiger partial charge in [0.1, 0.15) is 17.7 Å². The number of fused-ring (bicyclic) bond motifs is 2. The molecule has 2 unspecified atom stereocenters. The summed E-state index contributed by atoms with van der Waals surface area (Å²) in [5.74, 6) is -0.296. The molecule has 0 amide bonds. The lowest BCUT2D eigenvalue weighted by atomic mass is 9.83. The van der Waals surface area contributed by atoms with E-state index in [-0.39, 0.29) is 17.6 Å². The Morgan fingerprint density at radius 1 is 1.03 bits per heavy atom. The van der Waals surface area contributed by atoms with Gasteiger partial charge in [0.25, 0.3) is 0 Å². The van der Waals surface area contributed by atoms with Crippen LogP contribution < -0.4 is 10.1 Å². The maximum Gasteiger partial charge on any atom is 0.337 e. The molecule has 0 radical (unpaired) electrons. The predicted molar refractivity (Wildman–Crippen MR) is 131 cm³/mol. The van der Waals surface area contributed by atoms with Gasteiger partial charge in [0.2, 0.25) is 0 Å². The molecule has 1 aliphatic heterocycles. The molecule has 1 N–H and O–H groups in total. The molecule has 34 heavy (non-hydrogen) atoms. The van der Waals surface area contributed by atoms with Gasteiger partial charge in [-0.15, -0.1) is 0 Å². The minimum Gasteiger partial charge on any atom is -0.489 e. The first kappa shape index (κ1) is 22.1. The van der Waals surface area contributed by atoms with Gasteiger partial charge in [-0.25, -0.2) is 9.18 Å². The largest absolute Gasteiger partial charge is 0.489 e. The van der Waals surface area contributed by atoms with Crippen LogP contribution in [0.25, 0.3) is 10.8 Å². The van der Waals surface area contributed by atoms with Gasteiger partial charge in [-0.05, 0) is 52.6 Å². The Morgan fingerprint density at radius 3 is 2.71 bits per heavy atom.